The zero-order valence-corrected chi connectivity index (χ0v) is 23.2. The van der Waals surface area contributed by atoms with Crippen molar-refractivity contribution >= 4 is 57.0 Å². The quantitative estimate of drug-likeness (QED) is 0.220. The summed E-state index contributed by atoms with van der Waals surface area (Å²) in [6, 6.07) is 21.2. The summed E-state index contributed by atoms with van der Waals surface area (Å²) in [7, 11) is 0. The van der Waals surface area contributed by atoms with Crippen LogP contribution >= 0.6 is 0 Å². The number of amides is 6. The van der Waals surface area contributed by atoms with Crippen molar-refractivity contribution in [2.24, 2.45) is 0 Å². The minimum Gasteiger partial charge on any atom is -0.356 e. The lowest BCUT2D eigenvalue weighted by Gasteiger charge is -2.27. The fourth-order valence-corrected chi connectivity index (χ4v) is 5.71. The van der Waals surface area contributed by atoms with E-state index in [1.807, 2.05) is 24.3 Å². The Morgan fingerprint density at radius 3 is 1.16 bits per heavy atom. The number of rotatable bonds is 10. The summed E-state index contributed by atoms with van der Waals surface area (Å²) in [5, 5.41) is 8.40. The van der Waals surface area contributed by atoms with Gasteiger partial charge in [0.2, 0.25) is 11.8 Å². The van der Waals surface area contributed by atoms with Crippen molar-refractivity contribution in [1.29, 1.82) is 0 Å². The molecule has 0 spiro atoms. The molecule has 0 radical (unpaired) electrons. The van der Waals surface area contributed by atoms with Crippen LogP contribution in [0.3, 0.4) is 0 Å². The van der Waals surface area contributed by atoms with Crippen LogP contribution in [0.2, 0.25) is 0 Å². The number of nitrogens with zero attached hydrogens (tertiary/aromatic N) is 2. The van der Waals surface area contributed by atoms with Gasteiger partial charge in [-0.3, -0.25) is 38.6 Å². The summed E-state index contributed by atoms with van der Waals surface area (Å²) >= 11 is 0. The van der Waals surface area contributed by atoms with Gasteiger partial charge in [0.15, 0.2) is 0 Å². The van der Waals surface area contributed by atoms with Crippen molar-refractivity contribution in [3.05, 3.63) is 95.1 Å². The predicted octanol–water partition coefficient (Wildman–Crippen LogP) is 3.29. The first-order valence-electron chi connectivity index (χ1n) is 14.1. The van der Waals surface area contributed by atoms with Gasteiger partial charge in [-0.2, -0.15) is 0 Å². The molecule has 43 heavy (non-hydrogen) atoms. The summed E-state index contributed by atoms with van der Waals surface area (Å²) in [6.45, 7) is 0.482. The van der Waals surface area contributed by atoms with Crippen LogP contribution in [0.4, 0.5) is 0 Å². The molecule has 4 aromatic rings. The molecule has 0 aliphatic carbocycles. The molecule has 2 heterocycles. The van der Waals surface area contributed by atoms with Gasteiger partial charge in [-0.15, -0.1) is 0 Å². The number of benzene rings is 4. The van der Waals surface area contributed by atoms with Gasteiger partial charge in [0.05, 0.1) is 0 Å². The molecular weight excluding hydrogens is 548 g/mol. The molecule has 0 bridgehead atoms. The zero-order chi connectivity index (χ0) is 30.1. The average Bonchev–Trinajstić information content (AvgIpc) is 3.02. The van der Waals surface area contributed by atoms with E-state index in [2.05, 4.69) is 10.6 Å². The summed E-state index contributed by atoms with van der Waals surface area (Å²) in [5.74, 6) is -2.31. The van der Waals surface area contributed by atoms with Crippen LogP contribution in [0, 0.1) is 0 Å². The molecule has 0 saturated carbocycles. The van der Waals surface area contributed by atoms with Crippen molar-refractivity contribution < 1.29 is 28.8 Å². The molecule has 0 unspecified atom stereocenters. The van der Waals surface area contributed by atoms with Crippen molar-refractivity contribution in [2.75, 3.05) is 26.2 Å². The molecule has 10 nitrogen and oxygen atoms in total. The van der Waals surface area contributed by atoms with Gasteiger partial charge in [-0.25, -0.2) is 0 Å². The predicted molar refractivity (Wildman–Crippen MR) is 159 cm³/mol. The SMILES string of the molecule is O=C(CCN1C(=O)c2cccc3cccc(c23)C1=O)NCCCNC(=O)CCN1C(=O)c2cccc3cccc(c23)C1=O. The van der Waals surface area contributed by atoms with Crippen LogP contribution in [-0.4, -0.2) is 71.4 Å². The van der Waals surface area contributed by atoms with Gasteiger partial charge in [-0.1, -0.05) is 48.5 Å². The topological polar surface area (TPSA) is 133 Å². The van der Waals surface area contributed by atoms with Crippen molar-refractivity contribution in [3.63, 3.8) is 0 Å². The van der Waals surface area contributed by atoms with Crippen molar-refractivity contribution in [3.8, 4) is 0 Å². The maximum atomic E-state index is 13.0. The summed E-state index contributed by atoms with van der Waals surface area (Å²) in [5.41, 5.74) is 1.78. The molecule has 0 fully saturated rings. The smallest absolute Gasteiger partial charge is 0.261 e. The minimum atomic E-state index is -0.418. The van der Waals surface area contributed by atoms with Crippen LogP contribution in [0.5, 0.6) is 0 Å². The molecule has 6 amide bonds. The number of nitrogens with one attached hydrogen (secondary N) is 2. The third-order valence-corrected chi connectivity index (χ3v) is 7.83. The Morgan fingerprint density at radius 1 is 0.512 bits per heavy atom. The third-order valence-electron chi connectivity index (χ3n) is 7.83. The Kier molecular flexibility index (Phi) is 7.41. The van der Waals surface area contributed by atoms with E-state index in [1.54, 1.807) is 48.5 Å². The molecule has 2 aliphatic heterocycles. The van der Waals surface area contributed by atoms with Gasteiger partial charge in [0, 0.05) is 72.0 Å². The Labute approximate surface area is 246 Å². The number of imide groups is 2. The summed E-state index contributed by atoms with van der Waals surface area (Å²) < 4.78 is 0. The first kappa shape index (κ1) is 27.8. The number of carbonyl (C=O) groups is 6. The normalized spacial score (nSPS) is 14.0. The monoisotopic (exact) mass is 576 g/mol. The van der Waals surface area contributed by atoms with E-state index >= 15 is 0 Å². The maximum absolute atomic E-state index is 13.0. The Balaban J connectivity index is 0.924. The van der Waals surface area contributed by atoms with E-state index < -0.39 is 23.6 Å². The number of hydrogen-bond donors (Lipinski definition) is 2. The van der Waals surface area contributed by atoms with Gasteiger partial charge in [-0.05, 0) is 41.5 Å². The van der Waals surface area contributed by atoms with Crippen molar-refractivity contribution in [1.82, 2.24) is 20.4 Å². The van der Waals surface area contributed by atoms with Gasteiger partial charge in [0.1, 0.15) is 0 Å². The van der Waals surface area contributed by atoms with E-state index in [-0.39, 0.29) is 50.8 Å². The standard InChI is InChI=1S/C33H28N4O6/c38-26(14-18-36-30(40)22-10-1-6-20-7-2-11-23(28(20)22)31(36)41)34-16-5-17-35-27(39)15-19-37-32(42)24-12-3-8-21-9-4-13-25(29(21)24)33(37)43/h1-4,6-13H,5,14-19H2,(H,34,38)(H,35,39). The lowest BCUT2D eigenvalue weighted by molar-refractivity contribution is -0.121. The molecule has 6 rings (SSSR count). The molecule has 0 saturated heterocycles. The average molecular weight is 577 g/mol. The first-order chi connectivity index (χ1) is 20.8. The van der Waals surface area contributed by atoms with E-state index in [0.717, 1.165) is 20.6 Å². The van der Waals surface area contributed by atoms with E-state index in [1.165, 1.54) is 0 Å². The lowest BCUT2D eigenvalue weighted by Crippen LogP contribution is -2.42. The van der Waals surface area contributed by atoms with Crippen molar-refractivity contribution in [2.45, 2.75) is 19.3 Å². The second-order valence-corrected chi connectivity index (χ2v) is 10.5. The highest BCUT2D eigenvalue weighted by molar-refractivity contribution is 6.26. The minimum absolute atomic E-state index is 0.0438. The molecular formula is C33H28N4O6. The van der Waals surface area contributed by atoms with Crippen LogP contribution in [-0.2, 0) is 9.59 Å². The number of carbonyl (C=O) groups excluding carboxylic acids is 6. The Bertz CT molecular complexity index is 1610. The molecule has 4 aromatic carbocycles. The Hall–Kier alpha value is -5.38. The van der Waals surface area contributed by atoms with Crippen LogP contribution in [0.25, 0.3) is 21.5 Å². The zero-order valence-electron chi connectivity index (χ0n) is 23.2. The molecule has 2 N–H and O–H groups in total. The molecule has 10 heteroatoms. The van der Waals surface area contributed by atoms with Crippen LogP contribution in [0.15, 0.2) is 72.8 Å². The highest BCUT2D eigenvalue weighted by atomic mass is 16.2. The van der Waals surface area contributed by atoms with Crippen LogP contribution < -0.4 is 10.6 Å². The van der Waals surface area contributed by atoms with Gasteiger partial charge in [0.25, 0.3) is 23.6 Å². The fraction of sp³-hybridized carbons (Fsp3) is 0.212. The number of hydrogen-bond acceptors (Lipinski definition) is 6. The van der Waals surface area contributed by atoms with Gasteiger partial charge >= 0.3 is 0 Å². The highest BCUT2D eigenvalue weighted by Gasteiger charge is 2.34. The molecule has 0 aromatic heterocycles. The molecule has 0 atom stereocenters. The lowest BCUT2D eigenvalue weighted by atomic mass is 9.94. The van der Waals surface area contributed by atoms with E-state index in [9.17, 15) is 28.8 Å². The van der Waals surface area contributed by atoms with E-state index in [0.29, 0.717) is 39.4 Å². The maximum Gasteiger partial charge on any atom is 0.261 e. The second kappa shape index (κ2) is 11.5. The first-order valence-corrected chi connectivity index (χ1v) is 14.1. The van der Waals surface area contributed by atoms with Gasteiger partial charge < -0.3 is 10.6 Å². The van der Waals surface area contributed by atoms with E-state index in [4.69, 9.17) is 0 Å². The summed E-state index contributed by atoms with van der Waals surface area (Å²) in [4.78, 5) is 78.9. The Morgan fingerprint density at radius 2 is 0.837 bits per heavy atom. The highest BCUT2D eigenvalue weighted by Crippen LogP contribution is 2.31. The second-order valence-electron chi connectivity index (χ2n) is 10.5. The van der Waals surface area contributed by atoms with Crippen LogP contribution in [0.1, 0.15) is 60.7 Å². The fourth-order valence-electron chi connectivity index (χ4n) is 5.71. The summed E-state index contributed by atoms with van der Waals surface area (Å²) in [6.07, 6.45) is 0.360. The molecule has 2 aliphatic rings. The largest absolute Gasteiger partial charge is 0.356 e. The molecule has 216 valence electrons. The third kappa shape index (κ3) is 5.12.